The largest absolute Gasteiger partial charge is 0.326 e. The molecule has 2 heteroatoms. The molecular formula is C14H19NSi. The highest BCUT2D eigenvalue weighted by Crippen LogP contribution is 2.34. The third-order valence-corrected chi connectivity index (χ3v) is 4.32. The molecule has 84 valence electrons. The van der Waals surface area contributed by atoms with Crippen LogP contribution in [0.3, 0.4) is 0 Å². The minimum atomic E-state index is 0.627. The van der Waals surface area contributed by atoms with Gasteiger partial charge in [0.1, 0.15) is 0 Å². The van der Waals surface area contributed by atoms with Gasteiger partial charge >= 0.3 is 0 Å². The van der Waals surface area contributed by atoms with Gasteiger partial charge in [-0.3, -0.25) is 0 Å². The van der Waals surface area contributed by atoms with Crippen molar-refractivity contribution in [2.45, 2.75) is 26.3 Å². The standard InChI is InChI=1S/C14H19NSi/c1-2-12-13(7-8-14(12)16)11-5-3-10(9-15)4-6-11/h3-7H,2,8-9,15H2,1,16H3. The summed E-state index contributed by atoms with van der Waals surface area (Å²) in [5.74, 6) is 0. The monoisotopic (exact) mass is 229 g/mol. The van der Waals surface area contributed by atoms with Gasteiger partial charge in [-0.15, -0.1) is 0 Å². The molecule has 0 saturated heterocycles. The summed E-state index contributed by atoms with van der Waals surface area (Å²) in [7, 11) is 1.19. The second kappa shape index (κ2) is 4.81. The molecule has 1 aliphatic rings. The number of hydrogen-bond acceptors (Lipinski definition) is 1. The van der Waals surface area contributed by atoms with Gasteiger partial charge < -0.3 is 5.73 Å². The molecular weight excluding hydrogens is 210 g/mol. The van der Waals surface area contributed by atoms with Crippen LogP contribution in [-0.2, 0) is 6.54 Å². The van der Waals surface area contributed by atoms with Gasteiger partial charge in [-0.2, -0.15) is 0 Å². The fourth-order valence-electron chi connectivity index (χ4n) is 2.34. The molecule has 0 aliphatic heterocycles. The lowest BCUT2D eigenvalue weighted by Crippen LogP contribution is -1.96. The van der Waals surface area contributed by atoms with Gasteiger partial charge in [0.15, 0.2) is 0 Å². The summed E-state index contributed by atoms with van der Waals surface area (Å²) in [5.41, 5.74) is 11.2. The van der Waals surface area contributed by atoms with Gasteiger partial charge in [0, 0.05) is 16.8 Å². The molecule has 0 amide bonds. The maximum absolute atomic E-state index is 5.61. The van der Waals surface area contributed by atoms with E-state index in [2.05, 4.69) is 37.3 Å². The Hall–Kier alpha value is -1.12. The number of benzene rings is 1. The lowest BCUT2D eigenvalue weighted by Gasteiger charge is -2.09. The Kier molecular flexibility index (Phi) is 3.41. The fraction of sp³-hybridized carbons (Fsp3) is 0.286. The van der Waals surface area contributed by atoms with Crippen LogP contribution in [0.1, 0.15) is 30.9 Å². The first-order chi connectivity index (χ1) is 7.76. The van der Waals surface area contributed by atoms with Crippen LogP contribution < -0.4 is 5.73 Å². The SMILES string of the molecule is CCC1=C([SiH3])CC=C1c1ccc(CN)cc1. The fourth-order valence-corrected chi connectivity index (χ4v) is 3.16. The van der Waals surface area contributed by atoms with E-state index in [1.54, 1.807) is 10.8 Å². The second-order valence-corrected chi connectivity index (χ2v) is 5.54. The summed E-state index contributed by atoms with van der Waals surface area (Å²) in [5, 5.41) is 1.65. The first-order valence-corrected chi connectivity index (χ1v) is 6.94. The maximum atomic E-state index is 5.61. The molecule has 0 heterocycles. The van der Waals surface area contributed by atoms with Crippen molar-refractivity contribution < 1.29 is 0 Å². The lowest BCUT2D eigenvalue weighted by atomic mass is 9.98. The van der Waals surface area contributed by atoms with E-state index in [0.29, 0.717) is 6.54 Å². The minimum Gasteiger partial charge on any atom is -0.326 e. The van der Waals surface area contributed by atoms with Crippen molar-refractivity contribution in [3.63, 3.8) is 0 Å². The molecule has 0 radical (unpaired) electrons. The van der Waals surface area contributed by atoms with Crippen LogP contribution in [0, 0.1) is 0 Å². The third kappa shape index (κ3) is 2.03. The molecule has 1 aliphatic carbocycles. The molecule has 1 aromatic rings. The van der Waals surface area contributed by atoms with Crippen molar-refractivity contribution in [2.24, 2.45) is 5.73 Å². The van der Waals surface area contributed by atoms with Crippen molar-refractivity contribution in [2.75, 3.05) is 0 Å². The quantitative estimate of drug-likeness (QED) is 0.788. The van der Waals surface area contributed by atoms with Crippen molar-refractivity contribution in [3.8, 4) is 0 Å². The minimum absolute atomic E-state index is 0.627. The smallest absolute Gasteiger partial charge is 0.0341 e. The molecule has 0 saturated carbocycles. The van der Waals surface area contributed by atoms with Crippen molar-refractivity contribution >= 4 is 15.8 Å². The molecule has 16 heavy (non-hydrogen) atoms. The summed E-state index contributed by atoms with van der Waals surface area (Å²) in [4.78, 5) is 0. The molecule has 0 fully saturated rings. The van der Waals surface area contributed by atoms with E-state index in [9.17, 15) is 0 Å². The zero-order valence-corrected chi connectivity index (χ0v) is 12.1. The summed E-state index contributed by atoms with van der Waals surface area (Å²) >= 11 is 0. The average molecular weight is 229 g/mol. The van der Waals surface area contributed by atoms with Crippen LogP contribution in [0.5, 0.6) is 0 Å². The van der Waals surface area contributed by atoms with Gasteiger partial charge in [0.05, 0.1) is 0 Å². The van der Waals surface area contributed by atoms with E-state index in [0.717, 1.165) is 6.42 Å². The first kappa shape index (κ1) is 11.4. The van der Waals surface area contributed by atoms with Crippen molar-refractivity contribution in [1.82, 2.24) is 0 Å². The van der Waals surface area contributed by atoms with Gasteiger partial charge in [0.25, 0.3) is 0 Å². The third-order valence-electron chi connectivity index (χ3n) is 3.31. The van der Waals surface area contributed by atoms with Crippen LogP contribution in [0.25, 0.3) is 5.57 Å². The predicted octanol–water partition coefficient (Wildman–Crippen LogP) is 1.96. The molecule has 0 bridgehead atoms. The molecule has 0 spiro atoms. The lowest BCUT2D eigenvalue weighted by molar-refractivity contribution is 1.07. The molecule has 0 aromatic heterocycles. The molecule has 0 atom stereocenters. The van der Waals surface area contributed by atoms with Crippen molar-refractivity contribution in [1.29, 1.82) is 0 Å². The normalized spacial score (nSPS) is 15.8. The Morgan fingerprint density at radius 2 is 1.94 bits per heavy atom. The van der Waals surface area contributed by atoms with Crippen LogP contribution in [0.4, 0.5) is 0 Å². The second-order valence-electron chi connectivity index (χ2n) is 4.34. The average Bonchev–Trinajstić information content (AvgIpc) is 2.70. The first-order valence-electron chi connectivity index (χ1n) is 5.94. The van der Waals surface area contributed by atoms with Gasteiger partial charge in [-0.25, -0.2) is 0 Å². The number of hydrogen-bond donors (Lipinski definition) is 1. The highest BCUT2D eigenvalue weighted by atomic mass is 28.1. The number of nitrogens with two attached hydrogens (primary N) is 1. The zero-order valence-electron chi connectivity index (χ0n) is 10.1. The van der Waals surface area contributed by atoms with Crippen LogP contribution in [0.2, 0.25) is 0 Å². The molecule has 0 unspecified atom stereocenters. The van der Waals surface area contributed by atoms with Crippen LogP contribution in [0.15, 0.2) is 41.1 Å². The molecule has 2 rings (SSSR count). The predicted molar refractivity (Wildman–Crippen MR) is 74.2 cm³/mol. The van der Waals surface area contributed by atoms with Crippen LogP contribution in [-0.4, -0.2) is 10.2 Å². The zero-order chi connectivity index (χ0) is 11.5. The van der Waals surface area contributed by atoms with Crippen LogP contribution >= 0.6 is 0 Å². The molecule has 2 N–H and O–H groups in total. The van der Waals surface area contributed by atoms with E-state index in [1.807, 2.05) is 0 Å². The Labute approximate surface area is 100 Å². The summed E-state index contributed by atoms with van der Waals surface area (Å²) < 4.78 is 0. The number of allylic oxidation sites excluding steroid dienone is 4. The van der Waals surface area contributed by atoms with Gasteiger partial charge in [0.2, 0.25) is 0 Å². The topological polar surface area (TPSA) is 26.0 Å². The van der Waals surface area contributed by atoms with E-state index in [4.69, 9.17) is 5.73 Å². The maximum Gasteiger partial charge on any atom is 0.0341 e. The summed E-state index contributed by atoms with van der Waals surface area (Å²) in [6, 6.07) is 8.66. The molecule has 1 nitrogen and oxygen atoms in total. The number of rotatable bonds is 3. The Balaban J connectivity index is 2.32. The highest BCUT2D eigenvalue weighted by Gasteiger charge is 2.14. The van der Waals surface area contributed by atoms with E-state index >= 15 is 0 Å². The van der Waals surface area contributed by atoms with E-state index < -0.39 is 0 Å². The molecule has 1 aromatic carbocycles. The van der Waals surface area contributed by atoms with Crippen molar-refractivity contribution in [3.05, 3.63) is 52.2 Å². The Morgan fingerprint density at radius 3 is 2.50 bits per heavy atom. The van der Waals surface area contributed by atoms with E-state index in [1.165, 1.54) is 33.4 Å². The Bertz CT molecular complexity index is 440. The summed E-state index contributed by atoms with van der Waals surface area (Å²) in [6.45, 7) is 2.88. The van der Waals surface area contributed by atoms with E-state index in [-0.39, 0.29) is 0 Å². The highest BCUT2D eigenvalue weighted by molar-refractivity contribution is 6.24. The van der Waals surface area contributed by atoms with Gasteiger partial charge in [-0.05, 0) is 35.1 Å². The Morgan fingerprint density at radius 1 is 1.25 bits per heavy atom. The van der Waals surface area contributed by atoms with Gasteiger partial charge in [-0.1, -0.05) is 42.5 Å². The summed E-state index contributed by atoms with van der Waals surface area (Å²) in [6.07, 6.45) is 4.70.